The molecule has 12 nitrogen and oxygen atoms in total. The summed E-state index contributed by atoms with van der Waals surface area (Å²) in [6.45, 7) is 34.6. The Morgan fingerprint density at radius 1 is 0.514 bits per heavy atom. The van der Waals surface area contributed by atoms with Crippen LogP contribution in [-0.4, -0.2) is 63.9 Å². The smallest absolute Gasteiger partial charge is 0.455 e. The predicted octanol–water partition coefficient (Wildman–Crippen LogP) is 12.9. The molecule has 7 aromatic rings. The SMILES string of the molecule is Cc1ncc(N2CN(c3c(B4OB(C(C)(C)C)OB(C(C)(C)C)O4)cccc3B3OB(C(C)(C)C)OB(C(C)(C)C)O3)c3ccccc32)cc1Oc1ccc2c3ccccc3n(-c3cc(C(C)(C)C)ccn3)c2c1. The van der Waals surface area contributed by atoms with E-state index in [0.717, 1.165) is 67.0 Å². The summed E-state index contributed by atoms with van der Waals surface area (Å²) in [5.74, 6) is 2.19. The minimum absolute atomic E-state index is 0.0446. The van der Waals surface area contributed by atoms with Crippen LogP contribution in [0.2, 0.25) is 21.3 Å². The number of rotatable bonds is 7. The van der Waals surface area contributed by atoms with Crippen LogP contribution in [-0.2, 0) is 32.8 Å². The standard InChI is InChI=1S/C56H69B6N5O7/c1-37-49(68-40-28-29-42-41-22-17-18-25-45(41)67(48(42)34-40)50-32-38(30-31-63-50)52(2,3)4)33-39(35-64-37)65-36-66(47-27-20-19-26-46(47)65)51-43(57-69-59(53(5,6)7)73-60(70-57)54(8,9)10)23-21-24-44(51)58-71-61(55(11,12)13)74-62(72-58)56(14,15)16/h17-35H,36H2,1-16H3. The van der Waals surface area contributed by atoms with Crippen LogP contribution in [0.15, 0.2) is 116 Å². The van der Waals surface area contributed by atoms with E-state index in [-0.39, 0.29) is 26.7 Å². The molecule has 3 aromatic heterocycles. The summed E-state index contributed by atoms with van der Waals surface area (Å²) in [6, 6.07) is 35.8. The lowest BCUT2D eigenvalue weighted by molar-refractivity contribution is 0.250. The fraction of sp³-hybridized carbons (Fsp3) is 0.393. The monoisotopic (exact) mass is 990 g/mol. The number of pyridine rings is 2. The van der Waals surface area contributed by atoms with Crippen molar-refractivity contribution in [1.82, 2.24) is 14.5 Å². The Morgan fingerprint density at radius 3 is 1.59 bits per heavy atom. The zero-order valence-corrected chi connectivity index (χ0v) is 46.2. The first-order chi connectivity index (χ1) is 34.7. The summed E-state index contributed by atoms with van der Waals surface area (Å²) in [5, 5.41) is 0.840. The van der Waals surface area contributed by atoms with Crippen molar-refractivity contribution in [1.29, 1.82) is 0 Å². The molecule has 0 amide bonds. The van der Waals surface area contributed by atoms with Gasteiger partial charge in [0, 0.05) is 45.7 Å². The van der Waals surface area contributed by atoms with Crippen LogP contribution in [0.25, 0.3) is 27.6 Å². The molecule has 0 atom stereocenters. The Labute approximate surface area is 441 Å². The molecule has 4 aromatic carbocycles. The van der Waals surface area contributed by atoms with Gasteiger partial charge in [-0.3, -0.25) is 9.55 Å². The molecule has 10 rings (SSSR count). The molecule has 2 fully saturated rings. The molecule has 0 radical (unpaired) electrons. The lowest BCUT2D eigenvalue weighted by Gasteiger charge is -2.43. The molecule has 74 heavy (non-hydrogen) atoms. The number of fused-ring (bicyclic) bond motifs is 4. The first-order valence-corrected chi connectivity index (χ1v) is 26.1. The van der Waals surface area contributed by atoms with Gasteiger partial charge in [-0.15, -0.1) is 0 Å². The Hall–Kier alpha value is -5.47. The van der Waals surface area contributed by atoms with Crippen LogP contribution in [0.1, 0.15) is 115 Å². The van der Waals surface area contributed by atoms with Crippen LogP contribution < -0.4 is 25.5 Å². The fourth-order valence-corrected chi connectivity index (χ4v) is 9.84. The van der Waals surface area contributed by atoms with E-state index < -0.39 is 42.7 Å². The number of anilines is 4. The second-order valence-corrected chi connectivity index (χ2v) is 25.6. The van der Waals surface area contributed by atoms with E-state index in [0.29, 0.717) is 18.2 Å². The Bertz CT molecular complexity index is 3120. The number of para-hydroxylation sites is 4. The molecule has 0 unspecified atom stereocenters. The number of aryl methyl sites for hydroxylation is 1. The van der Waals surface area contributed by atoms with Crippen LogP contribution in [0, 0.1) is 6.92 Å². The van der Waals surface area contributed by atoms with E-state index in [1.165, 1.54) is 5.56 Å². The van der Waals surface area contributed by atoms with Crippen molar-refractivity contribution in [2.24, 2.45) is 0 Å². The summed E-state index contributed by atoms with van der Waals surface area (Å²) < 4.78 is 50.0. The summed E-state index contributed by atoms with van der Waals surface area (Å²) in [6.07, 6.45) is 3.83. The molecule has 2 saturated heterocycles. The zero-order chi connectivity index (χ0) is 52.9. The average molecular weight is 989 g/mol. The highest BCUT2D eigenvalue weighted by molar-refractivity contribution is 6.84. The van der Waals surface area contributed by atoms with Gasteiger partial charge in [0.1, 0.15) is 18.2 Å². The maximum Gasteiger partial charge on any atom is 0.468 e. The fourth-order valence-electron chi connectivity index (χ4n) is 9.84. The quantitative estimate of drug-likeness (QED) is 0.143. The molecule has 0 spiro atoms. The van der Waals surface area contributed by atoms with Crippen molar-refractivity contribution in [3.05, 3.63) is 127 Å². The predicted molar refractivity (Wildman–Crippen MR) is 308 cm³/mol. The third kappa shape index (κ3) is 10.1. The van der Waals surface area contributed by atoms with Gasteiger partial charge in [0.15, 0.2) is 5.75 Å². The first kappa shape index (κ1) is 52.0. The van der Waals surface area contributed by atoms with Crippen LogP contribution in [0.5, 0.6) is 11.5 Å². The van der Waals surface area contributed by atoms with E-state index in [1.54, 1.807) is 0 Å². The van der Waals surface area contributed by atoms with Crippen LogP contribution >= 0.6 is 0 Å². The normalized spacial score (nSPS) is 16.3. The van der Waals surface area contributed by atoms with Gasteiger partial charge in [-0.1, -0.05) is 152 Å². The number of nitrogens with zero attached hydrogens (tertiary/aromatic N) is 5. The average Bonchev–Trinajstić information content (AvgIpc) is 3.89. The van der Waals surface area contributed by atoms with Crippen molar-refractivity contribution in [3.63, 3.8) is 0 Å². The van der Waals surface area contributed by atoms with E-state index in [9.17, 15) is 0 Å². The Balaban J connectivity index is 1.07. The van der Waals surface area contributed by atoms with Gasteiger partial charge in [-0.2, -0.15) is 0 Å². The lowest BCUT2D eigenvalue weighted by Crippen LogP contribution is -2.62. The topological polar surface area (TPSA) is 102 Å². The van der Waals surface area contributed by atoms with Crippen molar-refractivity contribution in [2.45, 2.75) is 137 Å². The summed E-state index contributed by atoms with van der Waals surface area (Å²) in [4.78, 5) is 14.5. The number of hydrogen-bond acceptors (Lipinski definition) is 11. The lowest BCUT2D eigenvalue weighted by atomic mass is 9.49. The van der Waals surface area contributed by atoms with Gasteiger partial charge in [0.05, 0.1) is 40.0 Å². The van der Waals surface area contributed by atoms with Gasteiger partial charge in [0.25, 0.3) is 0 Å². The molecule has 3 aliphatic rings. The van der Waals surface area contributed by atoms with E-state index >= 15 is 0 Å². The highest BCUT2D eigenvalue weighted by Crippen LogP contribution is 2.47. The van der Waals surface area contributed by atoms with Crippen molar-refractivity contribution in [3.8, 4) is 17.3 Å². The van der Waals surface area contributed by atoms with Crippen molar-refractivity contribution < 1.29 is 32.2 Å². The van der Waals surface area contributed by atoms with Crippen molar-refractivity contribution >= 4 is 98.2 Å². The second-order valence-electron chi connectivity index (χ2n) is 25.6. The third-order valence-corrected chi connectivity index (χ3v) is 14.0. The summed E-state index contributed by atoms with van der Waals surface area (Å²) >= 11 is 0. The van der Waals surface area contributed by atoms with E-state index in [1.807, 2.05) is 31.5 Å². The molecular formula is C56H69B6N5O7. The van der Waals surface area contributed by atoms with Crippen LogP contribution in [0.3, 0.4) is 0 Å². The van der Waals surface area contributed by atoms with Crippen LogP contribution in [0.4, 0.5) is 22.7 Å². The zero-order valence-electron chi connectivity index (χ0n) is 46.2. The maximum atomic E-state index is 6.91. The molecule has 0 N–H and O–H groups in total. The van der Waals surface area contributed by atoms with Gasteiger partial charge < -0.3 is 42.0 Å². The molecular weight excluding hydrogens is 920 g/mol. The van der Waals surface area contributed by atoms with Gasteiger partial charge in [-0.25, -0.2) is 4.98 Å². The second kappa shape index (κ2) is 19.0. The largest absolute Gasteiger partial charge is 0.468 e. The van der Waals surface area contributed by atoms with Gasteiger partial charge in [0.2, 0.25) is 0 Å². The number of aromatic nitrogens is 3. The Morgan fingerprint density at radius 2 is 1.04 bits per heavy atom. The van der Waals surface area contributed by atoms with Gasteiger partial charge in [-0.05, 0) is 81.6 Å². The Kier molecular flexibility index (Phi) is 13.3. The van der Waals surface area contributed by atoms with E-state index in [4.69, 9.17) is 42.1 Å². The summed E-state index contributed by atoms with van der Waals surface area (Å²) in [7, 11) is -3.86. The van der Waals surface area contributed by atoms with E-state index in [2.05, 4.69) is 209 Å². The highest BCUT2D eigenvalue weighted by atomic mass is 16.7. The minimum Gasteiger partial charge on any atom is -0.455 e. The molecule has 3 aliphatic heterocycles. The number of ether oxygens (including phenoxy) is 1. The van der Waals surface area contributed by atoms with Gasteiger partial charge >= 0.3 is 42.7 Å². The minimum atomic E-state index is -0.805. The molecule has 6 heterocycles. The molecule has 0 aliphatic carbocycles. The summed E-state index contributed by atoms with van der Waals surface area (Å²) in [5.41, 5.74) is 9.33. The molecule has 18 heteroatoms. The number of hydrogen-bond donors (Lipinski definition) is 0. The molecule has 0 bridgehead atoms. The maximum absolute atomic E-state index is 6.91. The number of benzene rings is 4. The third-order valence-electron chi connectivity index (χ3n) is 14.0. The highest BCUT2D eigenvalue weighted by Gasteiger charge is 2.55. The van der Waals surface area contributed by atoms with Crippen molar-refractivity contribution in [2.75, 3.05) is 16.5 Å². The first-order valence-electron chi connectivity index (χ1n) is 26.1. The molecule has 378 valence electrons. The molecule has 0 saturated carbocycles.